The molecule has 1 aliphatic heterocycles. The first-order chi connectivity index (χ1) is 15.1. The minimum absolute atomic E-state index is 0.105. The highest BCUT2D eigenvalue weighted by atomic mass is 32.2. The van der Waals surface area contributed by atoms with E-state index in [1.807, 2.05) is 4.72 Å². The summed E-state index contributed by atoms with van der Waals surface area (Å²) in [6.07, 6.45) is -4.38. The van der Waals surface area contributed by atoms with Crippen LogP contribution in [0.5, 0.6) is 0 Å². The standard InChI is InChI=1S/C22H19F3N2O4S/c23-22(24,25)18-13-16(26-21(28)20-6-3-11-31-20)8-10-19(18)27-32(29,30)17-9-7-14-4-1-2-5-15(14)12-17/h1-2,4-5,7-10,12-13,20,27H,3,6,11H2,(H,26,28)/t20-/m0/s1. The third-order valence-electron chi connectivity index (χ3n) is 5.09. The summed E-state index contributed by atoms with van der Waals surface area (Å²) in [5, 5.41) is 3.83. The van der Waals surface area contributed by atoms with Crippen molar-refractivity contribution < 1.29 is 31.1 Å². The van der Waals surface area contributed by atoms with Gasteiger partial charge >= 0.3 is 6.18 Å². The Balaban J connectivity index is 1.63. The molecule has 0 aromatic heterocycles. The average molecular weight is 464 g/mol. The molecule has 0 radical (unpaired) electrons. The van der Waals surface area contributed by atoms with Crippen LogP contribution in [0.15, 0.2) is 65.6 Å². The van der Waals surface area contributed by atoms with Gasteiger partial charge in [-0.2, -0.15) is 13.2 Å². The van der Waals surface area contributed by atoms with E-state index < -0.39 is 39.5 Å². The van der Waals surface area contributed by atoms with Gasteiger partial charge in [0.25, 0.3) is 15.9 Å². The Hall–Kier alpha value is -3.11. The SMILES string of the molecule is O=C(Nc1ccc(NS(=O)(=O)c2ccc3ccccc3c2)c(C(F)(F)F)c1)[C@@H]1CCCO1. The minimum atomic E-state index is -4.86. The first kappa shape index (κ1) is 22.1. The van der Waals surface area contributed by atoms with Crippen molar-refractivity contribution in [2.45, 2.75) is 30.0 Å². The molecule has 0 saturated carbocycles. The molecular formula is C22H19F3N2O4S. The lowest BCUT2D eigenvalue weighted by Crippen LogP contribution is -2.27. The maximum absolute atomic E-state index is 13.7. The number of hydrogen-bond acceptors (Lipinski definition) is 4. The van der Waals surface area contributed by atoms with E-state index >= 15 is 0 Å². The zero-order valence-electron chi connectivity index (χ0n) is 16.6. The summed E-state index contributed by atoms with van der Waals surface area (Å²) in [4.78, 5) is 12.0. The van der Waals surface area contributed by atoms with E-state index in [-0.39, 0.29) is 10.6 Å². The van der Waals surface area contributed by atoms with Crippen LogP contribution in [-0.4, -0.2) is 27.0 Å². The van der Waals surface area contributed by atoms with Gasteiger partial charge in [0.1, 0.15) is 6.10 Å². The highest BCUT2D eigenvalue weighted by Gasteiger charge is 2.35. The summed E-state index contributed by atoms with van der Waals surface area (Å²) < 4.78 is 73.9. The molecule has 168 valence electrons. The van der Waals surface area contributed by atoms with Crippen molar-refractivity contribution in [1.29, 1.82) is 0 Å². The third kappa shape index (κ3) is 4.71. The van der Waals surface area contributed by atoms with Gasteiger partial charge in [-0.15, -0.1) is 0 Å². The fraction of sp³-hybridized carbons (Fsp3) is 0.227. The average Bonchev–Trinajstić information content (AvgIpc) is 3.28. The van der Waals surface area contributed by atoms with Gasteiger partial charge in [-0.05, 0) is 53.9 Å². The van der Waals surface area contributed by atoms with E-state index in [0.29, 0.717) is 30.9 Å². The van der Waals surface area contributed by atoms with Crippen LogP contribution in [0.3, 0.4) is 0 Å². The zero-order valence-corrected chi connectivity index (χ0v) is 17.5. The molecular weight excluding hydrogens is 445 g/mol. The number of ether oxygens (including phenoxy) is 1. The Morgan fingerprint density at radius 3 is 2.44 bits per heavy atom. The predicted molar refractivity (Wildman–Crippen MR) is 114 cm³/mol. The highest BCUT2D eigenvalue weighted by molar-refractivity contribution is 7.92. The molecule has 6 nitrogen and oxygen atoms in total. The monoisotopic (exact) mass is 464 g/mol. The number of hydrogen-bond donors (Lipinski definition) is 2. The molecule has 3 aromatic rings. The lowest BCUT2D eigenvalue weighted by molar-refractivity contribution is -0.137. The van der Waals surface area contributed by atoms with Gasteiger partial charge in [0.15, 0.2) is 0 Å². The molecule has 2 N–H and O–H groups in total. The molecule has 3 aromatic carbocycles. The second-order valence-corrected chi connectivity index (χ2v) is 9.05. The Bertz CT molecular complexity index is 1270. The summed E-state index contributed by atoms with van der Waals surface area (Å²) in [7, 11) is -4.29. The minimum Gasteiger partial charge on any atom is -0.368 e. The fourth-order valence-electron chi connectivity index (χ4n) is 3.49. The van der Waals surface area contributed by atoms with Gasteiger partial charge in [0.05, 0.1) is 16.1 Å². The molecule has 1 aliphatic rings. The number of amides is 1. The summed E-state index contributed by atoms with van der Waals surface area (Å²) in [6.45, 7) is 0.418. The zero-order chi connectivity index (χ0) is 22.9. The van der Waals surface area contributed by atoms with E-state index in [9.17, 15) is 26.4 Å². The third-order valence-corrected chi connectivity index (χ3v) is 6.45. The topological polar surface area (TPSA) is 84.5 Å². The Labute approximate surface area is 182 Å². The van der Waals surface area contributed by atoms with Crippen molar-refractivity contribution in [3.63, 3.8) is 0 Å². The normalized spacial score (nSPS) is 16.8. The van der Waals surface area contributed by atoms with Crippen LogP contribution in [0, 0.1) is 0 Å². The molecule has 1 atom stereocenters. The largest absolute Gasteiger partial charge is 0.418 e. The molecule has 32 heavy (non-hydrogen) atoms. The first-order valence-electron chi connectivity index (χ1n) is 9.79. The molecule has 1 amide bonds. The number of nitrogens with one attached hydrogen (secondary N) is 2. The maximum Gasteiger partial charge on any atom is 0.418 e. The van der Waals surface area contributed by atoms with Crippen molar-refractivity contribution in [2.75, 3.05) is 16.6 Å². The van der Waals surface area contributed by atoms with Crippen molar-refractivity contribution in [1.82, 2.24) is 0 Å². The molecule has 0 unspecified atom stereocenters. The van der Waals surface area contributed by atoms with E-state index in [2.05, 4.69) is 5.32 Å². The fourth-order valence-corrected chi connectivity index (χ4v) is 4.61. The Morgan fingerprint density at radius 1 is 1.00 bits per heavy atom. The molecule has 4 rings (SSSR count). The molecule has 0 bridgehead atoms. The summed E-state index contributed by atoms with van der Waals surface area (Å²) in [5.41, 5.74) is -1.96. The quantitative estimate of drug-likeness (QED) is 0.569. The van der Waals surface area contributed by atoms with Gasteiger partial charge in [0, 0.05) is 12.3 Å². The Morgan fingerprint density at radius 2 is 1.75 bits per heavy atom. The number of rotatable bonds is 5. The van der Waals surface area contributed by atoms with E-state index in [0.717, 1.165) is 11.5 Å². The number of anilines is 2. The van der Waals surface area contributed by atoms with Crippen LogP contribution in [0.1, 0.15) is 18.4 Å². The van der Waals surface area contributed by atoms with E-state index in [1.165, 1.54) is 18.2 Å². The van der Waals surface area contributed by atoms with E-state index in [1.54, 1.807) is 30.3 Å². The molecule has 10 heteroatoms. The van der Waals surface area contributed by atoms with Gasteiger partial charge in [0.2, 0.25) is 0 Å². The number of benzene rings is 3. The number of alkyl halides is 3. The highest BCUT2D eigenvalue weighted by Crippen LogP contribution is 2.37. The van der Waals surface area contributed by atoms with Crippen LogP contribution in [0.25, 0.3) is 10.8 Å². The Kier molecular flexibility index (Phi) is 5.83. The predicted octanol–water partition coefficient (Wildman–Crippen LogP) is 4.78. The van der Waals surface area contributed by atoms with Gasteiger partial charge in [-0.25, -0.2) is 8.42 Å². The van der Waals surface area contributed by atoms with Crippen LogP contribution in [0.2, 0.25) is 0 Å². The molecule has 1 fully saturated rings. The number of carbonyl (C=O) groups excluding carboxylic acids is 1. The lowest BCUT2D eigenvalue weighted by atomic mass is 10.1. The van der Waals surface area contributed by atoms with Gasteiger partial charge in [-0.3, -0.25) is 9.52 Å². The molecule has 1 saturated heterocycles. The number of halogens is 3. The van der Waals surface area contributed by atoms with Crippen LogP contribution < -0.4 is 10.0 Å². The molecule has 0 aliphatic carbocycles. The number of fused-ring (bicyclic) bond motifs is 1. The van der Waals surface area contributed by atoms with Crippen LogP contribution in [0.4, 0.5) is 24.5 Å². The number of sulfonamides is 1. The second-order valence-electron chi connectivity index (χ2n) is 7.36. The number of carbonyl (C=O) groups is 1. The smallest absolute Gasteiger partial charge is 0.368 e. The van der Waals surface area contributed by atoms with Crippen molar-refractivity contribution >= 4 is 38.1 Å². The summed E-state index contributed by atoms with van der Waals surface area (Å²) >= 11 is 0. The second kappa shape index (κ2) is 8.44. The van der Waals surface area contributed by atoms with Crippen molar-refractivity contribution in [3.05, 3.63) is 66.2 Å². The maximum atomic E-state index is 13.7. The lowest BCUT2D eigenvalue weighted by Gasteiger charge is -2.17. The van der Waals surface area contributed by atoms with Crippen LogP contribution >= 0.6 is 0 Å². The van der Waals surface area contributed by atoms with Crippen molar-refractivity contribution in [3.8, 4) is 0 Å². The van der Waals surface area contributed by atoms with Crippen molar-refractivity contribution in [2.24, 2.45) is 0 Å². The van der Waals surface area contributed by atoms with Gasteiger partial charge in [-0.1, -0.05) is 30.3 Å². The summed E-state index contributed by atoms with van der Waals surface area (Å²) in [5.74, 6) is -0.542. The first-order valence-corrected chi connectivity index (χ1v) is 11.3. The molecule has 1 heterocycles. The molecule has 0 spiro atoms. The van der Waals surface area contributed by atoms with Gasteiger partial charge < -0.3 is 10.1 Å². The summed E-state index contributed by atoms with van der Waals surface area (Å²) in [6, 6.07) is 14.2. The van der Waals surface area contributed by atoms with E-state index in [4.69, 9.17) is 4.74 Å². The van der Waals surface area contributed by atoms with Crippen LogP contribution in [-0.2, 0) is 25.7 Å².